The van der Waals surface area contributed by atoms with Gasteiger partial charge in [0.1, 0.15) is 18.0 Å². The second-order valence-corrected chi connectivity index (χ2v) is 15.9. The molecule has 0 fully saturated rings. The number of fused-ring (bicyclic) bond motifs is 5. The molecule has 0 radical (unpaired) electrons. The Labute approximate surface area is 316 Å². The van der Waals surface area contributed by atoms with Crippen LogP contribution in [0.5, 0.6) is 23.0 Å². The van der Waals surface area contributed by atoms with Gasteiger partial charge in [-0.1, -0.05) is 109 Å². The van der Waals surface area contributed by atoms with Crippen molar-refractivity contribution in [2.45, 2.75) is 91.7 Å². The molecule has 3 aliphatic rings. The molecule has 0 amide bonds. The third-order valence-electron chi connectivity index (χ3n) is 9.93. The fourth-order valence-electron chi connectivity index (χ4n) is 7.15. The van der Waals surface area contributed by atoms with Crippen LogP contribution in [-0.2, 0) is 43.1 Å². The molecule has 3 heterocycles. The average Bonchev–Trinajstić information content (AvgIpc) is 3.61. The summed E-state index contributed by atoms with van der Waals surface area (Å²) in [5, 5.41) is 0. The van der Waals surface area contributed by atoms with Crippen LogP contribution in [0.15, 0.2) is 77.9 Å². The molecule has 0 saturated heterocycles. The van der Waals surface area contributed by atoms with Crippen LogP contribution in [0.4, 0.5) is 17.2 Å². The fraction of sp³-hybridized carbons (Fsp3) is 0.318. The number of hydrogen-bond acceptors (Lipinski definition) is 6. The Morgan fingerprint density at radius 1 is 0.824 bits per heavy atom. The van der Waals surface area contributed by atoms with E-state index in [1.807, 2.05) is 25.1 Å². The zero-order valence-corrected chi connectivity index (χ0v) is 32.9. The summed E-state index contributed by atoms with van der Waals surface area (Å²) in [6.45, 7) is 19.6. The normalized spacial score (nSPS) is 17.3. The predicted octanol–water partition coefficient (Wildman–Crippen LogP) is 11.0. The van der Waals surface area contributed by atoms with Gasteiger partial charge in [-0.25, -0.2) is 4.98 Å². The fourth-order valence-corrected chi connectivity index (χ4v) is 7.15. The van der Waals surface area contributed by atoms with E-state index in [4.69, 9.17) is 24.2 Å². The van der Waals surface area contributed by atoms with E-state index in [1.165, 1.54) is 22.3 Å². The van der Waals surface area contributed by atoms with Crippen molar-refractivity contribution in [1.29, 1.82) is 0 Å². The summed E-state index contributed by atoms with van der Waals surface area (Å²) in [5.41, 5.74) is 10.8. The van der Waals surface area contributed by atoms with E-state index in [0.717, 1.165) is 45.8 Å². The first-order chi connectivity index (χ1) is 23.7. The molecule has 0 unspecified atom stereocenters. The molecule has 8 rings (SSSR count). The molecule has 7 heteroatoms. The van der Waals surface area contributed by atoms with E-state index in [-0.39, 0.29) is 44.0 Å². The van der Waals surface area contributed by atoms with Gasteiger partial charge in [-0.2, -0.15) is 5.56 Å². The van der Waals surface area contributed by atoms with E-state index >= 15 is 0 Å². The number of pyridine rings is 1. The zero-order chi connectivity index (χ0) is 35.1. The Hall–Kier alpha value is -4.41. The third-order valence-corrected chi connectivity index (χ3v) is 9.93. The predicted molar refractivity (Wildman–Crippen MR) is 199 cm³/mol. The topological polar surface area (TPSA) is 56.2 Å². The van der Waals surface area contributed by atoms with Gasteiger partial charge in [-0.3, -0.25) is 4.99 Å². The summed E-state index contributed by atoms with van der Waals surface area (Å²) >= 11 is 0. The molecular weight excluding hydrogens is 814 g/mol. The molecule has 0 saturated carbocycles. The quantitative estimate of drug-likeness (QED) is 0.165. The number of anilines is 3. The van der Waals surface area contributed by atoms with E-state index < -0.39 is 0 Å². The second-order valence-electron chi connectivity index (χ2n) is 15.9. The van der Waals surface area contributed by atoms with E-state index in [0.29, 0.717) is 29.0 Å². The van der Waals surface area contributed by atoms with Crippen molar-refractivity contribution in [2.24, 2.45) is 4.99 Å². The number of benzene rings is 4. The van der Waals surface area contributed by atoms with E-state index in [1.54, 1.807) is 6.20 Å². The molecule has 0 N–H and O–H groups in total. The molecule has 2 atom stereocenters. The van der Waals surface area contributed by atoms with Crippen LogP contribution in [0.3, 0.4) is 0 Å². The number of aryl methyl sites for hydroxylation is 3. The van der Waals surface area contributed by atoms with Crippen LogP contribution in [0.25, 0.3) is 0 Å². The van der Waals surface area contributed by atoms with Crippen molar-refractivity contribution >= 4 is 23.1 Å². The standard InChI is InChI=1S/C44H43N3O3.Pt/c1-25-17-31(47-35-15-13-30(44(7,8)9)22-38(35)49-36-11-10-16-45-41(36)47)23-32(18-25)48-37-24-34(26(2)19-27(37)3)42-46-40-33-14-12-29(43(4,5)6)20-28(33)21-39(40)50-42;/h10-20,22,39-40H,21H2,1-9H3;/q-2;+2/t39-,40+;/m0./s1. The van der Waals surface area contributed by atoms with Gasteiger partial charge in [0.15, 0.2) is 17.3 Å². The molecule has 1 aliphatic carbocycles. The van der Waals surface area contributed by atoms with Crippen LogP contribution >= 0.6 is 0 Å². The van der Waals surface area contributed by atoms with Gasteiger partial charge in [0.05, 0.1) is 5.69 Å². The molecule has 262 valence electrons. The van der Waals surface area contributed by atoms with Gasteiger partial charge in [-0.05, 0) is 57.3 Å². The minimum atomic E-state index is -0.0231. The maximum atomic E-state index is 6.61. The largest absolute Gasteiger partial charge is 2.00 e. The van der Waals surface area contributed by atoms with Crippen LogP contribution in [0.2, 0.25) is 0 Å². The number of aromatic nitrogens is 1. The van der Waals surface area contributed by atoms with Gasteiger partial charge in [0.2, 0.25) is 0 Å². The van der Waals surface area contributed by atoms with Crippen molar-refractivity contribution in [2.75, 3.05) is 4.90 Å². The molecule has 5 aromatic rings. The molecular formula is C44H43N3O3Pt. The van der Waals surface area contributed by atoms with Crippen molar-refractivity contribution in [3.05, 3.63) is 130 Å². The van der Waals surface area contributed by atoms with E-state index in [9.17, 15) is 0 Å². The van der Waals surface area contributed by atoms with Crippen molar-refractivity contribution in [1.82, 2.24) is 4.98 Å². The van der Waals surface area contributed by atoms with Crippen molar-refractivity contribution in [3.63, 3.8) is 0 Å². The van der Waals surface area contributed by atoms with E-state index in [2.05, 4.69) is 121 Å². The Kier molecular flexibility index (Phi) is 8.70. The minimum absolute atomic E-state index is 0. The number of aliphatic imine (C=N–C) groups is 1. The molecule has 1 aromatic heterocycles. The molecule has 0 bridgehead atoms. The summed E-state index contributed by atoms with van der Waals surface area (Å²) in [4.78, 5) is 11.9. The summed E-state index contributed by atoms with van der Waals surface area (Å²) in [6.07, 6.45) is 2.63. The maximum Gasteiger partial charge on any atom is 2.00 e. The van der Waals surface area contributed by atoms with Gasteiger partial charge < -0.3 is 19.1 Å². The Bertz CT molecular complexity index is 2210. The maximum absolute atomic E-state index is 6.61. The summed E-state index contributed by atoms with van der Waals surface area (Å²) < 4.78 is 19.6. The molecule has 4 aromatic carbocycles. The van der Waals surface area contributed by atoms with Crippen molar-refractivity contribution in [3.8, 4) is 23.0 Å². The van der Waals surface area contributed by atoms with Gasteiger partial charge in [0.25, 0.3) is 0 Å². The molecule has 6 nitrogen and oxygen atoms in total. The van der Waals surface area contributed by atoms with Crippen LogP contribution < -0.4 is 14.4 Å². The minimum Gasteiger partial charge on any atom is -0.514 e. The first kappa shape index (κ1) is 35.0. The summed E-state index contributed by atoms with van der Waals surface area (Å²) in [6, 6.07) is 30.3. The second kappa shape index (κ2) is 12.7. The molecule has 51 heavy (non-hydrogen) atoms. The van der Waals surface area contributed by atoms with Crippen LogP contribution in [0.1, 0.15) is 92.1 Å². The van der Waals surface area contributed by atoms with Crippen LogP contribution in [0, 0.1) is 32.9 Å². The Morgan fingerprint density at radius 2 is 1.57 bits per heavy atom. The van der Waals surface area contributed by atoms with Gasteiger partial charge in [0, 0.05) is 24.1 Å². The zero-order valence-electron chi connectivity index (χ0n) is 30.7. The first-order valence-electron chi connectivity index (χ1n) is 17.4. The average molecular weight is 857 g/mol. The first-order valence-corrected chi connectivity index (χ1v) is 17.4. The number of hydrogen-bond donors (Lipinski definition) is 0. The smallest absolute Gasteiger partial charge is 0.514 e. The Morgan fingerprint density at radius 3 is 2.33 bits per heavy atom. The van der Waals surface area contributed by atoms with Gasteiger partial charge >= 0.3 is 21.1 Å². The molecule has 0 spiro atoms. The molecule has 2 aliphatic heterocycles. The summed E-state index contributed by atoms with van der Waals surface area (Å²) in [7, 11) is 0. The van der Waals surface area contributed by atoms with Crippen molar-refractivity contribution < 1.29 is 35.3 Å². The number of ether oxygens (including phenoxy) is 3. The third kappa shape index (κ3) is 6.37. The van der Waals surface area contributed by atoms with Crippen LogP contribution in [-0.4, -0.2) is 17.0 Å². The summed E-state index contributed by atoms with van der Waals surface area (Å²) in [5.74, 6) is 4.00. The van der Waals surface area contributed by atoms with Gasteiger partial charge in [-0.15, -0.1) is 29.8 Å². The number of nitrogens with zero attached hydrogens (tertiary/aromatic N) is 3. The Balaban J connectivity index is 0.00000406. The SMILES string of the molecule is Cc1cc(Oc2[c-]c(C3=N[C@@H]4c5ccc(C(C)(C)C)cc5C[C@@H]4O3)c(C)cc2C)[c-]c(N2c3ccc(C(C)(C)C)cc3Oc3cccnc32)c1.[Pt+2]. The monoisotopic (exact) mass is 856 g/mol. The number of rotatable bonds is 4.